The molecule has 1 aliphatic carbocycles. The van der Waals surface area contributed by atoms with E-state index in [0.717, 1.165) is 0 Å². The molecular weight excluding hydrogens is 434 g/mol. The third-order valence-electron chi connectivity index (χ3n) is 4.41. The molecule has 0 atom stereocenters. The maximum Gasteiger partial charge on any atom is 0.417 e. The van der Waals surface area contributed by atoms with Gasteiger partial charge < -0.3 is 4.74 Å². The second-order valence-corrected chi connectivity index (χ2v) is 8.80. The molecule has 2 heterocycles. The summed E-state index contributed by atoms with van der Waals surface area (Å²) in [6.07, 6.45) is 2.77. The third-order valence-corrected chi connectivity index (χ3v) is 4.82. The van der Waals surface area contributed by atoms with E-state index in [1.807, 2.05) is 0 Å². The Morgan fingerprint density at radius 1 is 1.32 bits per heavy atom. The van der Waals surface area contributed by atoms with Crippen molar-refractivity contribution in [2.45, 2.75) is 50.8 Å². The average molecular weight is 455 g/mol. The second kappa shape index (κ2) is 7.69. The van der Waals surface area contributed by atoms with Crippen LogP contribution in [0.5, 0.6) is 0 Å². The topological polar surface area (TPSA) is 68.2 Å². The number of pyridine rings is 1. The highest BCUT2D eigenvalue weighted by molar-refractivity contribution is 9.10. The van der Waals surface area contributed by atoms with Crippen LogP contribution in [-0.4, -0.2) is 39.4 Å². The molecule has 0 aromatic carbocycles. The molecule has 0 radical (unpaired) electrons. The van der Waals surface area contributed by atoms with Gasteiger partial charge >= 0.3 is 6.09 Å². The number of halogens is 3. The van der Waals surface area contributed by atoms with Gasteiger partial charge in [-0.1, -0.05) is 0 Å². The Hall–Kier alpha value is -2.16. The summed E-state index contributed by atoms with van der Waals surface area (Å²) < 4.78 is 34.5. The van der Waals surface area contributed by atoms with Gasteiger partial charge in [-0.05, 0) is 61.7 Å². The Morgan fingerprint density at radius 3 is 2.50 bits per heavy atom. The number of aromatic nitrogens is 3. The molecule has 1 saturated carbocycles. The van der Waals surface area contributed by atoms with E-state index < -0.39 is 29.1 Å². The van der Waals surface area contributed by atoms with Crippen molar-refractivity contribution < 1.29 is 18.3 Å². The number of hydrogen-bond acceptors (Lipinski definition) is 5. The predicted molar refractivity (Wildman–Crippen MR) is 103 cm³/mol. The van der Waals surface area contributed by atoms with Crippen LogP contribution in [0.25, 0.3) is 0 Å². The number of carbonyl (C=O) groups is 1. The van der Waals surface area contributed by atoms with E-state index in [4.69, 9.17) is 4.74 Å². The molecule has 0 bridgehead atoms. The summed E-state index contributed by atoms with van der Waals surface area (Å²) in [4.78, 5) is 26.5. The summed E-state index contributed by atoms with van der Waals surface area (Å²) in [5, 5.41) is 0. The molecule has 2 aromatic rings. The standard InChI is InChI=1S/C19H21BrF2N4O2/c1-18(2,3)28-17(27)26(16-24-9-12(20)10-25-16)11-19(7-13(21)8-19)15-14(22)5-4-6-23-15/h4-6,9-10,13H,7-8,11H2,1-3H3. The van der Waals surface area contributed by atoms with E-state index in [-0.39, 0.29) is 31.0 Å². The minimum absolute atomic E-state index is 0.0438. The number of hydrogen-bond donors (Lipinski definition) is 0. The van der Waals surface area contributed by atoms with Crippen molar-refractivity contribution in [2.75, 3.05) is 11.4 Å². The first-order valence-electron chi connectivity index (χ1n) is 8.83. The van der Waals surface area contributed by atoms with Crippen LogP contribution in [0.4, 0.5) is 19.5 Å². The van der Waals surface area contributed by atoms with E-state index in [1.54, 1.807) is 20.8 Å². The minimum atomic E-state index is -1.09. The normalized spacial score (nSPS) is 21.7. The summed E-state index contributed by atoms with van der Waals surface area (Å²) in [6.45, 7) is 5.17. The highest BCUT2D eigenvalue weighted by Gasteiger charge is 2.51. The molecule has 150 valence electrons. The van der Waals surface area contributed by atoms with E-state index in [9.17, 15) is 13.6 Å². The second-order valence-electron chi connectivity index (χ2n) is 7.89. The lowest BCUT2D eigenvalue weighted by atomic mass is 9.64. The fourth-order valence-electron chi connectivity index (χ4n) is 3.24. The van der Waals surface area contributed by atoms with Crippen molar-refractivity contribution in [1.82, 2.24) is 15.0 Å². The molecule has 6 nitrogen and oxygen atoms in total. The number of rotatable bonds is 4. The average Bonchev–Trinajstić information content (AvgIpc) is 2.57. The molecular formula is C19H21BrF2N4O2. The maximum absolute atomic E-state index is 14.5. The number of amides is 1. The first kappa shape index (κ1) is 20.6. The van der Waals surface area contributed by atoms with Gasteiger partial charge in [0, 0.05) is 30.6 Å². The van der Waals surface area contributed by atoms with Crippen LogP contribution in [0.1, 0.15) is 39.3 Å². The van der Waals surface area contributed by atoms with Crippen molar-refractivity contribution in [1.29, 1.82) is 0 Å². The molecule has 9 heteroatoms. The lowest BCUT2D eigenvalue weighted by Crippen LogP contribution is -2.54. The van der Waals surface area contributed by atoms with Gasteiger partial charge in [0.25, 0.3) is 0 Å². The SMILES string of the molecule is CC(C)(C)OC(=O)N(CC1(c2ncccc2F)CC(F)C1)c1ncc(Br)cn1. The molecule has 3 rings (SSSR count). The van der Waals surface area contributed by atoms with Gasteiger partial charge in [0.05, 0.1) is 10.2 Å². The van der Waals surface area contributed by atoms with Gasteiger partial charge in [-0.2, -0.15) is 0 Å². The van der Waals surface area contributed by atoms with Crippen LogP contribution < -0.4 is 4.90 Å². The molecule has 2 aromatic heterocycles. The van der Waals surface area contributed by atoms with E-state index >= 15 is 0 Å². The van der Waals surface area contributed by atoms with Crippen LogP contribution in [-0.2, 0) is 10.2 Å². The fraction of sp³-hybridized carbons (Fsp3) is 0.474. The van der Waals surface area contributed by atoms with Crippen molar-refractivity contribution in [2.24, 2.45) is 0 Å². The van der Waals surface area contributed by atoms with E-state index in [2.05, 4.69) is 30.9 Å². The summed E-state index contributed by atoms with van der Waals surface area (Å²) in [6, 6.07) is 2.76. The molecule has 0 N–H and O–H groups in total. The van der Waals surface area contributed by atoms with Crippen molar-refractivity contribution in [3.8, 4) is 0 Å². The quantitative estimate of drug-likeness (QED) is 0.675. The van der Waals surface area contributed by atoms with E-state index in [1.165, 1.54) is 35.6 Å². The molecule has 1 fully saturated rings. The van der Waals surface area contributed by atoms with Crippen molar-refractivity contribution in [3.05, 3.63) is 46.7 Å². The summed E-state index contributed by atoms with van der Waals surface area (Å²) in [5.41, 5.74) is -1.59. The highest BCUT2D eigenvalue weighted by atomic mass is 79.9. The van der Waals surface area contributed by atoms with Gasteiger partial charge in [-0.25, -0.2) is 28.4 Å². The van der Waals surface area contributed by atoms with Gasteiger partial charge in [-0.3, -0.25) is 4.98 Å². The number of alkyl halides is 1. The number of nitrogens with zero attached hydrogens (tertiary/aromatic N) is 4. The van der Waals surface area contributed by atoms with Gasteiger partial charge in [0.2, 0.25) is 5.95 Å². The fourth-order valence-corrected chi connectivity index (χ4v) is 3.45. The third kappa shape index (κ3) is 4.45. The Balaban J connectivity index is 1.98. The van der Waals surface area contributed by atoms with Crippen LogP contribution in [0.15, 0.2) is 35.2 Å². The summed E-state index contributed by atoms with van der Waals surface area (Å²) in [7, 11) is 0. The van der Waals surface area contributed by atoms with Crippen LogP contribution in [0.3, 0.4) is 0 Å². The van der Waals surface area contributed by atoms with E-state index in [0.29, 0.717) is 4.47 Å². The van der Waals surface area contributed by atoms with Crippen LogP contribution >= 0.6 is 15.9 Å². The monoisotopic (exact) mass is 454 g/mol. The van der Waals surface area contributed by atoms with Crippen molar-refractivity contribution >= 4 is 28.0 Å². The maximum atomic E-state index is 14.5. The number of anilines is 1. The number of ether oxygens (including phenoxy) is 1. The summed E-state index contributed by atoms with van der Waals surface area (Å²) in [5.74, 6) is -0.439. The molecule has 0 unspecified atom stereocenters. The molecule has 28 heavy (non-hydrogen) atoms. The first-order chi connectivity index (χ1) is 13.1. The zero-order valence-corrected chi connectivity index (χ0v) is 17.4. The molecule has 0 saturated heterocycles. The smallest absolute Gasteiger partial charge is 0.417 e. The Kier molecular flexibility index (Phi) is 5.65. The molecule has 1 amide bonds. The molecule has 1 aliphatic rings. The number of carbonyl (C=O) groups excluding carboxylic acids is 1. The zero-order valence-electron chi connectivity index (χ0n) is 15.8. The zero-order chi connectivity index (χ0) is 20.5. The highest BCUT2D eigenvalue weighted by Crippen LogP contribution is 2.46. The molecule has 0 spiro atoms. The van der Waals surface area contributed by atoms with Crippen LogP contribution in [0, 0.1) is 5.82 Å². The Labute approximate surface area is 170 Å². The first-order valence-corrected chi connectivity index (χ1v) is 9.62. The van der Waals surface area contributed by atoms with Crippen molar-refractivity contribution in [3.63, 3.8) is 0 Å². The summed E-state index contributed by atoms with van der Waals surface area (Å²) >= 11 is 3.25. The lowest BCUT2D eigenvalue weighted by Gasteiger charge is -2.45. The predicted octanol–water partition coefficient (Wildman–Crippen LogP) is 4.58. The van der Waals surface area contributed by atoms with Crippen LogP contribution in [0.2, 0.25) is 0 Å². The lowest BCUT2D eigenvalue weighted by molar-refractivity contribution is 0.0505. The minimum Gasteiger partial charge on any atom is -0.443 e. The Morgan fingerprint density at radius 2 is 1.96 bits per heavy atom. The molecule has 0 aliphatic heterocycles. The van der Waals surface area contributed by atoms with Gasteiger partial charge in [-0.15, -0.1) is 0 Å². The van der Waals surface area contributed by atoms with Gasteiger partial charge in [0.15, 0.2) is 0 Å². The van der Waals surface area contributed by atoms with Gasteiger partial charge in [0.1, 0.15) is 17.6 Å². The largest absolute Gasteiger partial charge is 0.443 e. The Bertz CT molecular complexity index is 852.